The van der Waals surface area contributed by atoms with E-state index in [9.17, 15) is 24.3 Å². The zero-order chi connectivity index (χ0) is 36.3. The third kappa shape index (κ3) is 6.94. The molecule has 1 saturated heterocycles. The summed E-state index contributed by atoms with van der Waals surface area (Å²) in [5.41, 5.74) is 2.60. The number of ether oxygens (including phenoxy) is 2. The second kappa shape index (κ2) is 14.8. The Morgan fingerprint density at radius 1 is 0.961 bits per heavy atom. The lowest BCUT2D eigenvalue weighted by atomic mass is 9.82. The van der Waals surface area contributed by atoms with Gasteiger partial charge in [-0.15, -0.1) is 0 Å². The molecule has 11 heteroatoms. The number of aliphatic hydroxyl groups is 1. The van der Waals surface area contributed by atoms with E-state index >= 15 is 0 Å². The Balaban J connectivity index is 1.32. The SMILES string of the molecule is COc1ccc2c(c1)[C@]1(O[C@@H](CC(=O)N(CCO)Cc3ccccc3)[C@H]([Si](C)(C)O)[C@H]1C)C(=O)N2Cc1ccc(N(C=O)c2ccccc2)cc1. The highest BCUT2D eigenvalue weighted by Crippen LogP contribution is 2.60. The van der Waals surface area contributed by atoms with Crippen LogP contribution in [0.5, 0.6) is 5.75 Å². The third-order valence-corrected chi connectivity index (χ3v) is 12.7. The fraction of sp³-hybridized carbons (Fsp3) is 0.325. The fourth-order valence-corrected chi connectivity index (χ4v) is 10.4. The van der Waals surface area contributed by atoms with E-state index in [2.05, 4.69) is 0 Å². The van der Waals surface area contributed by atoms with Crippen LogP contribution < -0.4 is 14.5 Å². The first-order valence-corrected chi connectivity index (χ1v) is 20.3. The van der Waals surface area contributed by atoms with Gasteiger partial charge in [-0.3, -0.25) is 19.3 Å². The van der Waals surface area contributed by atoms with E-state index in [-0.39, 0.29) is 37.9 Å². The number of amides is 3. The lowest BCUT2D eigenvalue weighted by Gasteiger charge is -2.32. The second-order valence-corrected chi connectivity index (χ2v) is 17.8. The summed E-state index contributed by atoms with van der Waals surface area (Å²) in [5.74, 6) is -0.402. The Bertz CT molecular complexity index is 1850. The molecule has 0 bridgehead atoms. The van der Waals surface area contributed by atoms with E-state index in [1.54, 1.807) is 21.8 Å². The first kappa shape index (κ1) is 36.0. The molecule has 2 aliphatic rings. The van der Waals surface area contributed by atoms with Crippen molar-refractivity contribution >= 4 is 43.6 Å². The summed E-state index contributed by atoms with van der Waals surface area (Å²) in [6.45, 7) is 6.09. The van der Waals surface area contributed by atoms with Gasteiger partial charge >= 0.3 is 0 Å². The minimum Gasteiger partial charge on any atom is -0.497 e. The Morgan fingerprint density at radius 3 is 2.22 bits per heavy atom. The number of benzene rings is 4. The maximum absolute atomic E-state index is 14.9. The van der Waals surface area contributed by atoms with Crippen molar-refractivity contribution in [3.8, 4) is 5.75 Å². The van der Waals surface area contributed by atoms with Crippen LogP contribution in [0.15, 0.2) is 103 Å². The van der Waals surface area contributed by atoms with Crippen molar-refractivity contribution in [3.63, 3.8) is 0 Å². The molecule has 1 spiro atoms. The van der Waals surface area contributed by atoms with Crippen LogP contribution in [0.2, 0.25) is 18.6 Å². The van der Waals surface area contributed by atoms with Crippen molar-refractivity contribution in [1.29, 1.82) is 0 Å². The predicted octanol–water partition coefficient (Wildman–Crippen LogP) is 5.75. The van der Waals surface area contributed by atoms with Crippen LogP contribution in [0.4, 0.5) is 17.1 Å². The van der Waals surface area contributed by atoms with Crippen LogP contribution in [0, 0.1) is 5.92 Å². The first-order valence-electron chi connectivity index (χ1n) is 17.2. The average Bonchev–Trinajstić information content (AvgIpc) is 3.55. The van der Waals surface area contributed by atoms with Gasteiger partial charge in [-0.2, -0.15) is 0 Å². The topological polar surface area (TPSA) is 120 Å². The molecule has 3 amide bonds. The van der Waals surface area contributed by atoms with E-state index in [4.69, 9.17) is 9.47 Å². The van der Waals surface area contributed by atoms with Gasteiger partial charge in [0.05, 0.1) is 38.5 Å². The normalized spacial score (nSPS) is 21.1. The Kier molecular flexibility index (Phi) is 10.5. The highest BCUT2D eigenvalue weighted by atomic mass is 28.4. The van der Waals surface area contributed by atoms with Crippen molar-refractivity contribution in [2.45, 2.75) is 56.8 Å². The second-order valence-electron chi connectivity index (χ2n) is 13.8. The van der Waals surface area contributed by atoms with Gasteiger partial charge in [-0.25, -0.2) is 0 Å². The summed E-state index contributed by atoms with van der Waals surface area (Å²) < 4.78 is 12.5. The smallest absolute Gasteiger partial charge is 0.264 e. The summed E-state index contributed by atoms with van der Waals surface area (Å²) in [4.78, 5) is 57.4. The van der Waals surface area contributed by atoms with Crippen molar-refractivity contribution in [1.82, 2.24) is 4.90 Å². The molecular weight excluding hydrogens is 663 g/mol. The number of para-hydroxylation sites is 1. The van der Waals surface area contributed by atoms with Crippen LogP contribution in [-0.4, -0.2) is 67.7 Å². The third-order valence-electron chi connectivity index (χ3n) is 10.2. The lowest BCUT2D eigenvalue weighted by Crippen LogP contribution is -2.46. The van der Waals surface area contributed by atoms with Gasteiger partial charge in [0.15, 0.2) is 13.9 Å². The monoisotopic (exact) mass is 707 g/mol. The molecule has 4 aromatic carbocycles. The Labute approximate surface area is 300 Å². The largest absolute Gasteiger partial charge is 0.497 e. The van der Waals surface area contributed by atoms with Crippen molar-refractivity contribution in [3.05, 3.63) is 120 Å². The Hall–Kier alpha value is -4.81. The molecule has 51 heavy (non-hydrogen) atoms. The zero-order valence-corrected chi connectivity index (χ0v) is 30.4. The highest BCUT2D eigenvalue weighted by Gasteiger charge is 2.66. The van der Waals surface area contributed by atoms with Crippen LogP contribution >= 0.6 is 0 Å². The number of carbonyl (C=O) groups excluding carboxylic acids is 3. The maximum atomic E-state index is 14.9. The molecule has 2 heterocycles. The molecule has 1 fully saturated rings. The van der Waals surface area contributed by atoms with Gasteiger partial charge in [0.25, 0.3) is 5.91 Å². The van der Waals surface area contributed by atoms with Crippen LogP contribution in [0.25, 0.3) is 0 Å². The molecule has 2 N–H and O–H groups in total. The molecule has 4 atom stereocenters. The molecule has 2 aliphatic heterocycles. The number of hydrogen-bond acceptors (Lipinski definition) is 7. The summed E-state index contributed by atoms with van der Waals surface area (Å²) in [7, 11) is -1.47. The summed E-state index contributed by atoms with van der Waals surface area (Å²) in [6, 6.07) is 31.9. The Morgan fingerprint density at radius 2 is 1.61 bits per heavy atom. The molecule has 4 aromatic rings. The van der Waals surface area contributed by atoms with Gasteiger partial charge in [0, 0.05) is 41.5 Å². The molecule has 0 aliphatic carbocycles. The number of nitrogens with zero attached hydrogens (tertiary/aromatic N) is 3. The van der Waals surface area contributed by atoms with Gasteiger partial charge in [-0.05, 0) is 66.7 Å². The van der Waals surface area contributed by atoms with E-state index in [0.717, 1.165) is 23.2 Å². The van der Waals surface area contributed by atoms with E-state index in [1.807, 2.05) is 123 Å². The van der Waals surface area contributed by atoms with Crippen LogP contribution in [0.3, 0.4) is 0 Å². The highest BCUT2D eigenvalue weighted by molar-refractivity contribution is 6.71. The molecule has 0 radical (unpaired) electrons. The standard InChI is InChI=1S/C40H45N3O7Si/c1-28-38(51(3,4)48)36(24-37(46)41(21-22-44)25-29-11-7-5-8-12-29)50-40(28)34-23-33(49-2)19-20-35(34)42(39(40)47)26-30-15-17-32(18-16-30)43(27-45)31-13-9-6-10-14-31/h5-20,23,27-28,36,38,44,48H,21-22,24-26H2,1-4H3/t28-,36+,38-,40+/m1/s1. The van der Waals surface area contributed by atoms with Crippen molar-refractivity contribution < 1.29 is 33.8 Å². The number of carbonyl (C=O) groups is 3. The molecule has 10 nitrogen and oxygen atoms in total. The number of hydrogen-bond donors (Lipinski definition) is 2. The number of anilines is 3. The van der Waals surface area contributed by atoms with Crippen LogP contribution in [-0.2, 0) is 37.8 Å². The van der Waals surface area contributed by atoms with Crippen molar-refractivity contribution in [2.24, 2.45) is 5.92 Å². The molecular formula is C40H45N3O7Si. The summed E-state index contributed by atoms with van der Waals surface area (Å²) in [6.07, 6.45) is -0.0244. The number of rotatable bonds is 13. The first-order chi connectivity index (χ1) is 24.5. The van der Waals surface area contributed by atoms with E-state index < -0.39 is 31.5 Å². The molecule has 0 saturated carbocycles. The van der Waals surface area contributed by atoms with Crippen molar-refractivity contribution in [2.75, 3.05) is 30.1 Å². The van der Waals surface area contributed by atoms with Crippen LogP contribution in [0.1, 0.15) is 30.0 Å². The quantitative estimate of drug-likeness (QED) is 0.134. The molecule has 266 valence electrons. The van der Waals surface area contributed by atoms with Gasteiger partial charge < -0.3 is 29.2 Å². The molecule has 6 rings (SSSR count). The fourth-order valence-electron chi connectivity index (χ4n) is 7.86. The van der Waals surface area contributed by atoms with Gasteiger partial charge in [0.2, 0.25) is 12.3 Å². The number of aliphatic hydroxyl groups excluding tert-OH is 1. The van der Waals surface area contributed by atoms with Gasteiger partial charge in [-0.1, -0.05) is 67.6 Å². The number of methoxy groups -OCH3 is 1. The molecule has 0 aromatic heterocycles. The summed E-state index contributed by atoms with van der Waals surface area (Å²) in [5, 5.41) is 9.83. The lowest BCUT2D eigenvalue weighted by molar-refractivity contribution is -0.150. The molecule has 0 unspecified atom stereocenters. The minimum atomic E-state index is -3.04. The average molecular weight is 708 g/mol. The minimum absolute atomic E-state index is 0.0523. The zero-order valence-electron chi connectivity index (χ0n) is 29.4. The van der Waals surface area contributed by atoms with E-state index in [0.29, 0.717) is 29.2 Å². The van der Waals surface area contributed by atoms with E-state index in [1.165, 1.54) is 0 Å². The predicted molar refractivity (Wildman–Crippen MR) is 198 cm³/mol. The van der Waals surface area contributed by atoms with Gasteiger partial charge in [0.1, 0.15) is 5.75 Å². The summed E-state index contributed by atoms with van der Waals surface area (Å²) >= 11 is 0. The number of fused-ring (bicyclic) bond motifs is 2. The maximum Gasteiger partial charge on any atom is 0.264 e.